The van der Waals surface area contributed by atoms with Gasteiger partial charge in [-0.2, -0.15) is 17.0 Å². The Bertz CT molecular complexity index is 395. The van der Waals surface area contributed by atoms with Crippen LogP contribution in [0, 0.1) is 5.41 Å². The van der Waals surface area contributed by atoms with Crippen molar-refractivity contribution in [2.45, 2.75) is 51.4 Å². The summed E-state index contributed by atoms with van der Waals surface area (Å²) in [6.45, 7) is 2.99. The molecule has 0 bridgehead atoms. The van der Waals surface area contributed by atoms with Crippen molar-refractivity contribution >= 4 is 10.2 Å². The average Bonchev–Trinajstić information content (AvgIpc) is 3.00. The summed E-state index contributed by atoms with van der Waals surface area (Å²) in [6, 6.07) is 0. The van der Waals surface area contributed by atoms with Crippen molar-refractivity contribution in [3.8, 4) is 0 Å². The fourth-order valence-corrected chi connectivity index (χ4v) is 5.69. The first-order valence-corrected chi connectivity index (χ1v) is 8.77. The molecule has 0 N–H and O–H groups in total. The van der Waals surface area contributed by atoms with E-state index in [1.165, 1.54) is 32.1 Å². The molecule has 18 heavy (non-hydrogen) atoms. The maximum absolute atomic E-state index is 12.5. The second-order valence-electron chi connectivity index (χ2n) is 6.26. The predicted octanol–water partition coefficient (Wildman–Crippen LogP) is 1.98. The Labute approximate surface area is 111 Å². The molecule has 4 nitrogen and oxygen atoms in total. The molecule has 1 spiro atoms. The molecule has 0 atom stereocenters. The van der Waals surface area contributed by atoms with E-state index in [0.717, 1.165) is 45.4 Å². The van der Waals surface area contributed by atoms with E-state index in [0.29, 0.717) is 5.41 Å². The average molecular weight is 272 g/mol. The highest BCUT2D eigenvalue weighted by Crippen LogP contribution is 2.44. The Morgan fingerprint density at radius 1 is 0.722 bits per heavy atom. The molecular formula is C13H24N2O2S. The lowest BCUT2D eigenvalue weighted by Crippen LogP contribution is -2.42. The number of nitrogens with zero attached hydrogens (tertiary/aromatic N) is 2. The Morgan fingerprint density at radius 2 is 1.39 bits per heavy atom. The lowest BCUT2D eigenvalue weighted by molar-refractivity contribution is 0.204. The topological polar surface area (TPSA) is 40.6 Å². The quantitative estimate of drug-likeness (QED) is 0.771. The van der Waals surface area contributed by atoms with Crippen molar-refractivity contribution < 1.29 is 8.42 Å². The third kappa shape index (κ3) is 2.21. The van der Waals surface area contributed by atoms with Crippen molar-refractivity contribution in [3.63, 3.8) is 0 Å². The monoisotopic (exact) mass is 272 g/mol. The first-order valence-electron chi connectivity index (χ1n) is 7.38. The summed E-state index contributed by atoms with van der Waals surface area (Å²) in [5.41, 5.74) is 0.324. The lowest BCUT2D eigenvalue weighted by atomic mass is 9.74. The minimum atomic E-state index is -3.15. The van der Waals surface area contributed by atoms with E-state index in [1.807, 2.05) is 0 Å². The summed E-state index contributed by atoms with van der Waals surface area (Å²) in [5, 5.41) is 0. The zero-order chi connectivity index (χ0) is 12.6. The van der Waals surface area contributed by atoms with Gasteiger partial charge in [0.2, 0.25) is 0 Å². The van der Waals surface area contributed by atoms with Crippen LogP contribution < -0.4 is 0 Å². The minimum absolute atomic E-state index is 0.324. The number of hydrogen-bond donors (Lipinski definition) is 0. The molecule has 2 saturated heterocycles. The third-order valence-electron chi connectivity index (χ3n) is 5.04. The molecule has 0 amide bonds. The third-order valence-corrected chi connectivity index (χ3v) is 7.02. The molecule has 104 valence electrons. The molecule has 0 unspecified atom stereocenters. The fourth-order valence-electron chi connectivity index (χ4n) is 3.88. The Balaban J connectivity index is 1.71. The maximum atomic E-state index is 12.5. The van der Waals surface area contributed by atoms with Crippen molar-refractivity contribution in [2.75, 3.05) is 26.2 Å². The highest BCUT2D eigenvalue weighted by atomic mass is 32.2. The molecule has 3 rings (SSSR count). The van der Waals surface area contributed by atoms with E-state index in [4.69, 9.17) is 0 Å². The SMILES string of the molecule is O=S(=O)(N1CCCC1)N1CCC2(CCCCC2)C1. The maximum Gasteiger partial charge on any atom is 0.281 e. The second-order valence-corrected chi connectivity index (χ2v) is 8.19. The van der Waals surface area contributed by atoms with Crippen LogP contribution in [0.2, 0.25) is 0 Å². The van der Waals surface area contributed by atoms with Crippen LogP contribution in [0.3, 0.4) is 0 Å². The van der Waals surface area contributed by atoms with Gasteiger partial charge < -0.3 is 0 Å². The highest BCUT2D eigenvalue weighted by molar-refractivity contribution is 7.86. The molecule has 0 aromatic heterocycles. The molecule has 0 radical (unpaired) electrons. The second kappa shape index (κ2) is 4.76. The summed E-state index contributed by atoms with van der Waals surface area (Å²) in [6.07, 6.45) is 9.52. The number of hydrogen-bond acceptors (Lipinski definition) is 2. The summed E-state index contributed by atoms with van der Waals surface area (Å²) in [7, 11) is -3.15. The van der Waals surface area contributed by atoms with Crippen LogP contribution in [0.25, 0.3) is 0 Å². The van der Waals surface area contributed by atoms with Crippen molar-refractivity contribution in [2.24, 2.45) is 5.41 Å². The van der Waals surface area contributed by atoms with Gasteiger partial charge in [-0.05, 0) is 37.5 Å². The smallest absolute Gasteiger partial charge is 0.195 e. The van der Waals surface area contributed by atoms with Crippen molar-refractivity contribution in [3.05, 3.63) is 0 Å². The molecule has 3 aliphatic rings. The van der Waals surface area contributed by atoms with Gasteiger partial charge in [0.1, 0.15) is 0 Å². The first kappa shape index (κ1) is 12.9. The summed E-state index contributed by atoms with van der Waals surface area (Å²) < 4.78 is 28.5. The lowest BCUT2D eigenvalue weighted by Gasteiger charge is -2.33. The summed E-state index contributed by atoms with van der Waals surface area (Å²) in [5.74, 6) is 0. The molecule has 0 aromatic carbocycles. The molecular weight excluding hydrogens is 248 g/mol. The molecule has 2 heterocycles. The van der Waals surface area contributed by atoms with Crippen LogP contribution in [0.4, 0.5) is 0 Å². The Kier molecular flexibility index (Phi) is 3.41. The van der Waals surface area contributed by atoms with E-state index >= 15 is 0 Å². The molecule has 1 aliphatic carbocycles. The van der Waals surface area contributed by atoms with Crippen LogP contribution in [0.1, 0.15) is 51.4 Å². The van der Waals surface area contributed by atoms with Gasteiger partial charge >= 0.3 is 0 Å². The molecule has 5 heteroatoms. The van der Waals surface area contributed by atoms with Crippen LogP contribution in [-0.4, -0.2) is 43.2 Å². The van der Waals surface area contributed by atoms with Gasteiger partial charge in [0.05, 0.1) is 0 Å². The van der Waals surface area contributed by atoms with Gasteiger partial charge in [-0.25, -0.2) is 0 Å². The highest BCUT2D eigenvalue weighted by Gasteiger charge is 2.44. The normalized spacial score (nSPS) is 30.2. The standard InChI is InChI=1S/C13H24N2O2S/c16-18(17,14-9-4-5-10-14)15-11-8-13(12-15)6-2-1-3-7-13/h1-12H2. The molecule has 2 aliphatic heterocycles. The van der Waals surface area contributed by atoms with Gasteiger partial charge in [0.15, 0.2) is 0 Å². The zero-order valence-electron chi connectivity index (χ0n) is 11.1. The summed E-state index contributed by atoms with van der Waals surface area (Å²) >= 11 is 0. The Morgan fingerprint density at radius 3 is 2.06 bits per heavy atom. The van der Waals surface area contributed by atoms with Crippen LogP contribution >= 0.6 is 0 Å². The summed E-state index contributed by atoms with van der Waals surface area (Å²) in [4.78, 5) is 0. The van der Waals surface area contributed by atoms with E-state index in [-0.39, 0.29) is 0 Å². The largest absolute Gasteiger partial charge is 0.281 e. The minimum Gasteiger partial charge on any atom is -0.195 e. The van der Waals surface area contributed by atoms with E-state index in [1.54, 1.807) is 8.61 Å². The van der Waals surface area contributed by atoms with Gasteiger partial charge in [-0.15, -0.1) is 0 Å². The van der Waals surface area contributed by atoms with Gasteiger partial charge in [0, 0.05) is 26.2 Å². The fraction of sp³-hybridized carbons (Fsp3) is 1.00. The van der Waals surface area contributed by atoms with Crippen molar-refractivity contribution in [1.82, 2.24) is 8.61 Å². The molecule has 0 aromatic rings. The zero-order valence-corrected chi connectivity index (χ0v) is 11.9. The van der Waals surface area contributed by atoms with Crippen LogP contribution in [0.5, 0.6) is 0 Å². The predicted molar refractivity (Wildman–Crippen MR) is 71.4 cm³/mol. The molecule has 1 saturated carbocycles. The Hall–Kier alpha value is -0.130. The van der Waals surface area contributed by atoms with Crippen molar-refractivity contribution in [1.29, 1.82) is 0 Å². The van der Waals surface area contributed by atoms with E-state index in [9.17, 15) is 8.42 Å². The van der Waals surface area contributed by atoms with Gasteiger partial charge in [0.25, 0.3) is 10.2 Å². The van der Waals surface area contributed by atoms with E-state index < -0.39 is 10.2 Å². The number of rotatable bonds is 2. The first-order chi connectivity index (χ1) is 8.62. The van der Waals surface area contributed by atoms with Crippen LogP contribution in [0.15, 0.2) is 0 Å². The van der Waals surface area contributed by atoms with E-state index in [2.05, 4.69) is 0 Å². The van der Waals surface area contributed by atoms with Gasteiger partial charge in [-0.3, -0.25) is 0 Å². The van der Waals surface area contributed by atoms with Gasteiger partial charge in [-0.1, -0.05) is 19.3 Å². The molecule has 3 fully saturated rings. The van der Waals surface area contributed by atoms with Crippen LogP contribution in [-0.2, 0) is 10.2 Å².